The van der Waals surface area contributed by atoms with E-state index in [-0.39, 0.29) is 31.1 Å². The maximum atomic E-state index is 10.5. The molecule has 0 aliphatic rings. The molecule has 1 rings (SSSR count). The van der Waals surface area contributed by atoms with Gasteiger partial charge in [-0.15, -0.1) is 0 Å². The van der Waals surface area contributed by atoms with Crippen molar-refractivity contribution in [3.8, 4) is 0 Å². The molecule has 0 bridgehead atoms. The summed E-state index contributed by atoms with van der Waals surface area (Å²) in [4.78, 5) is -0.151. The maximum absolute atomic E-state index is 10.5. The summed E-state index contributed by atoms with van der Waals surface area (Å²) in [5.74, 6) is 0. The normalized spacial score (nSPS) is 10.5. The third-order valence-corrected chi connectivity index (χ3v) is 2.23. The molecule has 0 aliphatic heterocycles. The molecule has 0 unspecified atom stereocenters. The molecule has 0 heterocycles. The molecular formula is C6H5ClO3SZr. The Hall–Kier alpha value is 0.303. The van der Waals surface area contributed by atoms with E-state index >= 15 is 0 Å². The fourth-order valence-corrected chi connectivity index (χ4v) is 1.21. The van der Waals surface area contributed by atoms with Gasteiger partial charge in [-0.2, -0.15) is 8.42 Å². The van der Waals surface area contributed by atoms with Crippen LogP contribution in [0.2, 0.25) is 5.02 Å². The van der Waals surface area contributed by atoms with Crippen LogP contribution in [0.3, 0.4) is 0 Å². The molecule has 0 spiro atoms. The van der Waals surface area contributed by atoms with Gasteiger partial charge in [0.15, 0.2) is 0 Å². The second kappa shape index (κ2) is 4.51. The van der Waals surface area contributed by atoms with Crippen LogP contribution in [0.25, 0.3) is 0 Å². The molecule has 0 aromatic heterocycles. The first-order valence-corrected chi connectivity index (χ1v) is 4.55. The van der Waals surface area contributed by atoms with Gasteiger partial charge in [0.25, 0.3) is 10.1 Å². The predicted octanol–water partition coefficient (Wildman–Crippen LogP) is 1.58. The zero-order chi connectivity index (χ0) is 8.48. The minimum absolute atomic E-state index is 0. The minimum atomic E-state index is -4.08. The smallest absolute Gasteiger partial charge is 0.282 e. The number of halogens is 1. The molecule has 0 saturated heterocycles. The number of benzene rings is 1. The van der Waals surface area contributed by atoms with Crippen LogP contribution in [-0.4, -0.2) is 13.0 Å². The molecule has 6 heteroatoms. The molecule has 1 aromatic carbocycles. The van der Waals surface area contributed by atoms with Gasteiger partial charge in [-0.25, -0.2) is 0 Å². The molecule has 0 atom stereocenters. The van der Waals surface area contributed by atoms with Crippen molar-refractivity contribution < 1.29 is 39.2 Å². The summed E-state index contributed by atoms with van der Waals surface area (Å²) < 4.78 is 29.4. The van der Waals surface area contributed by atoms with Crippen molar-refractivity contribution in [1.82, 2.24) is 0 Å². The predicted molar refractivity (Wildman–Crippen MR) is 41.3 cm³/mol. The second-order valence-electron chi connectivity index (χ2n) is 1.93. The van der Waals surface area contributed by atoms with E-state index in [0.717, 1.165) is 0 Å². The van der Waals surface area contributed by atoms with E-state index in [9.17, 15) is 8.42 Å². The number of hydrogen-bond acceptors (Lipinski definition) is 2. The molecule has 0 saturated carbocycles. The van der Waals surface area contributed by atoms with Gasteiger partial charge in [0.2, 0.25) is 0 Å². The Kier molecular flexibility index (Phi) is 4.63. The van der Waals surface area contributed by atoms with E-state index < -0.39 is 10.1 Å². The fraction of sp³-hybridized carbons (Fsp3) is 0. The van der Waals surface area contributed by atoms with E-state index in [0.29, 0.717) is 5.02 Å². The van der Waals surface area contributed by atoms with Gasteiger partial charge >= 0.3 is 0 Å². The monoisotopic (exact) mass is 282 g/mol. The minimum Gasteiger partial charge on any atom is -0.282 e. The van der Waals surface area contributed by atoms with Crippen molar-refractivity contribution in [2.45, 2.75) is 4.90 Å². The van der Waals surface area contributed by atoms with Crippen LogP contribution >= 0.6 is 11.6 Å². The Bertz CT molecular complexity index is 346. The number of hydrogen-bond donors (Lipinski definition) is 1. The summed E-state index contributed by atoms with van der Waals surface area (Å²) in [6, 6.07) is 5.25. The van der Waals surface area contributed by atoms with Crippen molar-refractivity contribution in [1.29, 1.82) is 0 Å². The van der Waals surface area contributed by atoms with Crippen LogP contribution in [0.1, 0.15) is 0 Å². The first-order valence-electron chi connectivity index (χ1n) is 2.73. The van der Waals surface area contributed by atoms with E-state index in [2.05, 4.69) is 0 Å². The first kappa shape index (κ1) is 12.3. The van der Waals surface area contributed by atoms with E-state index in [1.165, 1.54) is 24.3 Å². The van der Waals surface area contributed by atoms with Gasteiger partial charge in [0.1, 0.15) is 0 Å². The quantitative estimate of drug-likeness (QED) is 0.796. The molecule has 0 fully saturated rings. The summed E-state index contributed by atoms with van der Waals surface area (Å²) in [5.41, 5.74) is 0. The molecule has 0 radical (unpaired) electrons. The summed E-state index contributed by atoms with van der Waals surface area (Å²) in [7, 11) is -4.08. The Morgan fingerprint density at radius 1 is 1.17 bits per heavy atom. The van der Waals surface area contributed by atoms with Crippen LogP contribution in [-0.2, 0) is 36.3 Å². The van der Waals surface area contributed by atoms with Gasteiger partial charge < -0.3 is 0 Å². The van der Waals surface area contributed by atoms with Crippen molar-refractivity contribution in [2.24, 2.45) is 0 Å². The summed E-state index contributed by atoms with van der Waals surface area (Å²) >= 11 is 5.49. The Morgan fingerprint density at radius 2 is 1.58 bits per heavy atom. The molecular weight excluding hydrogens is 279 g/mol. The topological polar surface area (TPSA) is 54.4 Å². The fourth-order valence-electron chi connectivity index (χ4n) is 0.607. The molecule has 0 aliphatic carbocycles. The third-order valence-electron chi connectivity index (χ3n) is 1.11. The van der Waals surface area contributed by atoms with Gasteiger partial charge in [0.05, 0.1) is 4.90 Å². The molecule has 1 N–H and O–H groups in total. The molecule has 12 heavy (non-hydrogen) atoms. The van der Waals surface area contributed by atoms with E-state index in [4.69, 9.17) is 16.2 Å². The third kappa shape index (κ3) is 3.35. The van der Waals surface area contributed by atoms with Crippen molar-refractivity contribution >= 4 is 21.7 Å². The average molecular weight is 284 g/mol. The Balaban J connectivity index is 0.00000121. The van der Waals surface area contributed by atoms with Crippen molar-refractivity contribution in [3.63, 3.8) is 0 Å². The second-order valence-corrected chi connectivity index (χ2v) is 3.79. The van der Waals surface area contributed by atoms with Crippen LogP contribution < -0.4 is 0 Å². The van der Waals surface area contributed by atoms with Crippen LogP contribution in [0, 0.1) is 0 Å². The molecule has 0 amide bonds. The van der Waals surface area contributed by atoms with Gasteiger partial charge in [-0.3, -0.25) is 4.55 Å². The average Bonchev–Trinajstić information content (AvgIpc) is 1.86. The van der Waals surface area contributed by atoms with Gasteiger partial charge in [-0.05, 0) is 24.3 Å². The standard InChI is InChI=1S/C6H5ClO3S.Zr/c7-5-1-3-6(4-2-5)11(8,9)10;/h1-4H,(H,8,9,10);. The Morgan fingerprint density at radius 3 is 1.92 bits per heavy atom. The summed E-state index contributed by atoms with van der Waals surface area (Å²) in [6.45, 7) is 0. The SMILES string of the molecule is O=S(=O)(O)c1ccc(Cl)cc1.[Zr]. The van der Waals surface area contributed by atoms with Crippen molar-refractivity contribution in [2.75, 3.05) is 0 Å². The van der Waals surface area contributed by atoms with E-state index in [1.54, 1.807) is 0 Å². The van der Waals surface area contributed by atoms with Crippen molar-refractivity contribution in [3.05, 3.63) is 29.3 Å². The Labute approximate surface area is 94.6 Å². The van der Waals surface area contributed by atoms with Gasteiger partial charge in [-0.1, -0.05) is 11.6 Å². The van der Waals surface area contributed by atoms with E-state index in [1.807, 2.05) is 0 Å². The maximum Gasteiger partial charge on any atom is 0.294 e. The molecule has 3 nitrogen and oxygen atoms in total. The van der Waals surface area contributed by atoms with Crippen LogP contribution in [0.15, 0.2) is 29.2 Å². The van der Waals surface area contributed by atoms with Crippen LogP contribution in [0.5, 0.6) is 0 Å². The first-order chi connectivity index (χ1) is 5.00. The zero-order valence-electron chi connectivity index (χ0n) is 5.86. The summed E-state index contributed by atoms with van der Waals surface area (Å²) in [6.07, 6.45) is 0. The van der Waals surface area contributed by atoms with Crippen LogP contribution in [0.4, 0.5) is 0 Å². The van der Waals surface area contributed by atoms with Gasteiger partial charge in [0, 0.05) is 31.2 Å². The largest absolute Gasteiger partial charge is 0.294 e. The zero-order valence-corrected chi connectivity index (χ0v) is 9.89. The molecule has 1 aromatic rings. The number of rotatable bonds is 1. The summed E-state index contributed by atoms with van der Waals surface area (Å²) in [5, 5.41) is 0.428. The molecule has 64 valence electrons.